The van der Waals surface area contributed by atoms with Crippen LogP contribution in [0.15, 0.2) is 46.9 Å². The van der Waals surface area contributed by atoms with E-state index < -0.39 is 11.3 Å². The van der Waals surface area contributed by atoms with Gasteiger partial charge in [-0.25, -0.2) is 0 Å². The highest BCUT2D eigenvalue weighted by Crippen LogP contribution is 2.25. The topological polar surface area (TPSA) is 58.2 Å². The van der Waals surface area contributed by atoms with Gasteiger partial charge in [0, 0.05) is 20.9 Å². The predicted molar refractivity (Wildman–Crippen MR) is 101 cm³/mol. The van der Waals surface area contributed by atoms with Crippen molar-refractivity contribution in [3.8, 4) is 0 Å². The van der Waals surface area contributed by atoms with Gasteiger partial charge in [0.1, 0.15) is 5.41 Å². The van der Waals surface area contributed by atoms with Gasteiger partial charge in [-0.15, -0.1) is 0 Å². The summed E-state index contributed by atoms with van der Waals surface area (Å²) in [5, 5.41) is 6.08. The lowest BCUT2D eigenvalue weighted by Crippen LogP contribution is -2.41. The highest BCUT2D eigenvalue weighted by atomic mass is 79.9. The summed E-state index contributed by atoms with van der Waals surface area (Å²) in [6, 6.07) is 12.2. The Bertz CT molecular complexity index is 773. The second-order valence-electron chi connectivity index (χ2n) is 6.00. The molecule has 0 aliphatic heterocycles. The van der Waals surface area contributed by atoms with Crippen molar-refractivity contribution < 1.29 is 9.59 Å². The zero-order chi connectivity index (χ0) is 17.9. The third kappa shape index (κ3) is 4.36. The fourth-order valence-electron chi connectivity index (χ4n) is 1.88. The minimum Gasteiger partial charge on any atom is -0.325 e. The van der Waals surface area contributed by atoms with Crippen LogP contribution in [0.1, 0.15) is 19.4 Å². The number of hydrogen-bond donors (Lipinski definition) is 2. The van der Waals surface area contributed by atoms with E-state index in [9.17, 15) is 9.59 Å². The Hall–Kier alpha value is -1.85. The third-order valence-electron chi connectivity index (χ3n) is 3.67. The predicted octanol–water partition coefficient (Wildman–Crippen LogP) is 5.01. The Labute approximate surface area is 154 Å². The van der Waals surface area contributed by atoms with Crippen LogP contribution in [0.5, 0.6) is 0 Å². The molecule has 2 N–H and O–H groups in total. The van der Waals surface area contributed by atoms with Gasteiger partial charge in [-0.1, -0.05) is 33.6 Å². The average Bonchev–Trinajstić information content (AvgIpc) is 2.53. The number of benzene rings is 2. The number of hydrogen-bond acceptors (Lipinski definition) is 2. The van der Waals surface area contributed by atoms with Crippen LogP contribution in [-0.4, -0.2) is 11.8 Å². The first kappa shape index (κ1) is 18.5. The summed E-state index contributed by atoms with van der Waals surface area (Å²) in [7, 11) is 0. The molecule has 2 aromatic carbocycles. The van der Waals surface area contributed by atoms with Crippen LogP contribution < -0.4 is 10.6 Å². The maximum Gasteiger partial charge on any atom is 0.239 e. The average molecular weight is 410 g/mol. The van der Waals surface area contributed by atoms with Gasteiger partial charge in [0.05, 0.1) is 0 Å². The van der Waals surface area contributed by atoms with E-state index in [0.717, 1.165) is 10.0 Å². The summed E-state index contributed by atoms with van der Waals surface area (Å²) in [6.07, 6.45) is 0. The second-order valence-corrected chi connectivity index (χ2v) is 7.29. The zero-order valence-corrected chi connectivity index (χ0v) is 16.0. The van der Waals surface area contributed by atoms with Crippen LogP contribution in [0, 0.1) is 12.3 Å². The van der Waals surface area contributed by atoms with Crippen molar-refractivity contribution in [2.75, 3.05) is 10.6 Å². The maximum atomic E-state index is 12.5. The Balaban J connectivity index is 2.09. The van der Waals surface area contributed by atoms with Crippen molar-refractivity contribution in [1.29, 1.82) is 0 Å². The number of anilines is 2. The SMILES string of the molecule is Cc1ccc(NC(=O)C(C)(C)C(=O)Nc2ccc(Cl)cc2)cc1Br. The van der Waals surface area contributed by atoms with Crippen molar-refractivity contribution in [3.05, 3.63) is 57.5 Å². The lowest BCUT2D eigenvalue weighted by molar-refractivity contribution is -0.135. The molecule has 0 spiro atoms. The summed E-state index contributed by atoms with van der Waals surface area (Å²) in [5.74, 6) is -0.779. The van der Waals surface area contributed by atoms with Crippen LogP contribution >= 0.6 is 27.5 Å². The molecule has 0 saturated carbocycles. The molecule has 0 radical (unpaired) electrons. The summed E-state index contributed by atoms with van der Waals surface area (Å²) >= 11 is 9.25. The molecule has 0 atom stereocenters. The Morgan fingerprint density at radius 3 is 2.00 bits per heavy atom. The number of nitrogens with one attached hydrogen (secondary N) is 2. The molecular formula is C18H18BrClN2O2. The van der Waals surface area contributed by atoms with Gasteiger partial charge >= 0.3 is 0 Å². The van der Waals surface area contributed by atoms with Crippen molar-refractivity contribution in [2.24, 2.45) is 5.41 Å². The first-order valence-corrected chi connectivity index (χ1v) is 8.52. The Morgan fingerprint density at radius 2 is 1.46 bits per heavy atom. The Kier molecular flexibility index (Phi) is 5.67. The molecule has 0 saturated heterocycles. The third-order valence-corrected chi connectivity index (χ3v) is 4.77. The molecule has 0 unspecified atom stereocenters. The molecule has 0 bridgehead atoms. The molecule has 0 fully saturated rings. The number of amides is 2. The van der Waals surface area contributed by atoms with Crippen molar-refractivity contribution in [2.45, 2.75) is 20.8 Å². The number of halogens is 2. The molecule has 6 heteroatoms. The minimum absolute atomic E-state index is 0.385. The standard InChI is InChI=1S/C18H18BrClN2O2/c1-11-4-7-14(10-15(11)19)22-17(24)18(2,3)16(23)21-13-8-5-12(20)6-9-13/h4-10H,1-3H3,(H,21,23)(H,22,24). The molecule has 0 aromatic heterocycles. The van der Waals surface area contributed by atoms with E-state index in [-0.39, 0.29) is 5.91 Å². The number of carbonyl (C=O) groups excluding carboxylic acids is 2. The molecule has 0 aliphatic carbocycles. The summed E-state index contributed by atoms with van der Waals surface area (Å²) in [5.41, 5.74) is 1.04. The normalized spacial score (nSPS) is 11.0. The number of carbonyl (C=O) groups is 2. The molecule has 126 valence electrons. The van der Waals surface area contributed by atoms with Crippen molar-refractivity contribution in [1.82, 2.24) is 0 Å². The van der Waals surface area contributed by atoms with Gasteiger partial charge in [0.2, 0.25) is 11.8 Å². The van der Waals surface area contributed by atoms with Gasteiger partial charge in [-0.3, -0.25) is 9.59 Å². The monoisotopic (exact) mass is 408 g/mol. The number of rotatable bonds is 4. The van der Waals surface area contributed by atoms with Gasteiger partial charge in [0.15, 0.2) is 0 Å². The fraction of sp³-hybridized carbons (Fsp3) is 0.222. The maximum absolute atomic E-state index is 12.5. The second kappa shape index (κ2) is 7.36. The molecule has 2 amide bonds. The molecule has 24 heavy (non-hydrogen) atoms. The molecule has 2 aromatic rings. The van der Waals surface area contributed by atoms with Gasteiger partial charge in [-0.2, -0.15) is 0 Å². The fourth-order valence-corrected chi connectivity index (χ4v) is 2.39. The van der Waals surface area contributed by atoms with E-state index in [0.29, 0.717) is 16.4 Å². The highest BCUT2D eigenvalue weighted by Gasteiger charge is 2.36. The van der Waals surface area contributed by atoms with E-state index in [1.165, 1.54) is 0 Å². The highest BCUT2D eigenvalue weighted by molar-refractivity contribution is 9.10. The first-order valence-electron chi connectivity index (χ1n) is 7.35. The van der Waals surface area contributed by atoms with Crippen LogP contribution in [0.3, 0.4) is 0 Å². The zero-order valence-electron chi connectivity index (χ0n) is 13.6. The largest absolute Gasteiger partial charge is 0.325 e. The molecule has 4 nitrogen and oxygen atoms in total. The van der Waals surface area contributed by atoms with E-state index >= 15 is 0 Å². The van der Waals surface area contributed by atoms with Crippen molar-refractivity contribution in [3.63, 3.8) is 0 Å². The quantitative estimate of drug-likeness (QED) is 0.697. The summed E-state index contributed by atoms with van der Waals surface area (Å²) < 4.78 is 0.892. The lowest BCUT2D eigenvalue weighted by Gasteiger charge is -2.23. The van der Waals surface area contributed by atoms with E-state index in [1.54, 1.807) is 50.2 Å². The lowest BCUT2D eigenvalue weighted by atomic mass is 9.90. The smallest absolute Gasteiger partial charge is 0.239 e. The molecule has 0 heterocycles. The van der Waals surface area contributed by atoms with E-state index in [1.807, 2.05) is 13.0 Å². The van der Waals surface area contributed by atoms with Gasteiger partial charge in [0.25, 0.3) is 0 Å². The van der Waals surface area contributed by atoms with E-state index in [4.69, 9.17) is 11.6 Å². The number of aryl methyl sites for hydroxylation is 1. The molecule has 0 aliphatic rings. The first-order chi connectivity index (χ1) is 11.2. The van der Waals surface area contributed by atoms with Crippen LogP contribution in [-0.2, 0) is 9.59 Å². The Morgan fingerprint density at radius 1 is 0.958 bits per heavy atom. The summed E-state index contributed by atoms with van der Waals surface area (Å²) in [6.45, 7) is 5.12. The van der Waals surface area contributed by atoms with Crippen LogP contribution in [0.2, 0.25) is 5.02 Å². The molecular weight excluding hydrogens is 392 g/mol. The molecule has 2 rings (SSSR count). The van der Waals surface area contributed by atoms with Gasteiger partial charge < -0.3 is 10.6 Å². The van der Waals surface area contributed by atoms with E-state index in [2.05, 4.69) is 26.6 Å². The van der Waals surface area contributed by atoms with Gasteiger partial charge in [-0.05, 0) is 62.7 Å². The summed E-state index contributed by atoms with van der Waals surface area (Å²) in [4.78, 5) is 25.0. The minimum atomic E-state index is -1.24. The van der Waals surface area contributed by atoms with Crippen molar-refractivity contribution >= 4 is 50.7 Å². The van der Waals surface area contributed by atoms with Crippen LogP contribution in [0.4, 0.5) is 11.4 Å². The van der Waals surface area contributed by atoms with Crippen LogP contribution in [0.25, 0.3) is 0 Å².